The summed E-state index contributed by atoms with van der Waals surface area (Å²) in [6.07, 6.45) is 3.42. The zero-order chi connectivity index (χ0) is 21.5. The number of fused-ring (bicyclic) bond motifs is 2. The minimum Gasteiger partial charge on any atom is -0.508 e. The number of phenolic OH excluding ortho intramolecular Hbond substituents is 1. The highest BCUT2D eigenvalue weighted by atomic mass is 35.5. The summed E-state index contributed by atoms with van der Waals surface area (Å²) < 4.78 is 7.58. The Labute approximate surface area is 182 Å². The van der Waals surface area contributed by atoms with Crippen LogP contribution < -0.4 is 15.0 Å². The Hall–Kier alpha value is -3.78. The molecule has 3 heterocycles. The third-order valence-electron chi connectivity index (χ3n) is 5.14. The molecule has 5 rings (SSSR count). The number of carbonyl (C=O) groups is 1. The lowest BCUT2D eigenvalue weighted by molar-refractivity contribution is -0.121. The SMILES string of the molecule is Cn1cnc2cnc(Nc3cc4c(cc3Cl)N(Cc3ccc(O)cc3)C(=O)CO4)cc21. The van der Waals surface area contributed by atoms with Crippen molar-refractivity contribution in [1.82, 2.24) is 14.5 Å². The fourth-order valence-electron chi connectivity index (χ4n) is 3.51. The number of aromatic hydroxyl groups is 1. The molecule has 2 N–H and O–H groups in total. The maximum absolute atomic E-state index is 12.5. The zero-order valence-electron chi connectivity index (χ0n) is 16.5. The van der Waals surface area contributed by atoms with Crippen molar-refractivity contribution in [1.29, 1.82) is 0 Å². The molecule has 1 aliphatic heterocycles. The highest BCUT2D eigenvalue weighted by molar-refractivity contribution is 6.34. The van der Waals surface area contributed by atoms with Gasteiger partial charge in [0.15, 0.2) is 6.61 Å². The Morgan fingerprint density at radius 3 is 2.81 bits per heavy atom. The van der Waals surface area contributed by atoms with E-state index in [1.54, 1.807) is 53.8 Å². The number of aromatic nitrogens is 3. The van der Waals surface area contributed by atoms with Gasteiger partial charge in [-0.3, -0.25) is 4.79 Å². The van der Waals surface area contributed by atoms with Gasteiger partial charge >= 0.3 is 0 Å². The molecule has 8 nitrogen and oxygen atoms in total. The summed E-state index contributed by atoms with van der Waals surface area (Å²) in [7, 11) is 1.92. The number of rotatable bonds is 4. The number of hydrogen-bond acceptors (Lipinski definition) is 6. The number of ether oxygens (including phenoxy) is 1. The summed E-state index contributed by atoms with van der Waals surface area (Å²) in [5, 5.41) is 13.1. The average Bonchev–Trinajstić information content (AvgIpc) is 3.13. The topological polar surface area (TPSA) is 92.5 Å². The molecule has 0 unspecified atom stereocenters. The lowest BCUT2D eigenvalue weighted by atomic mass is 10.1. The molecule has 0 saturated carbocycles. The van der Waals surface area contributed by atoms with E-state index in [2.05, 4.69) is 15.3 Å². The highest BCUT2D eigenvalue weighted by Crippen LogP contribution is 2.40. The maximum Gasteiger partial charge on any atom is 0.265 e. The van der Waals surface area contributed by atoms with Gasteiger partial charge in [-0.05, 0) is 23.8 Å². The second-order valence-corrected chi connectivity index (χ2v) is 7.68. The van der Waals surface area contributed by atoms with Crippen LogP contribution in [0.25, 0.3) is 11.0 Å². The first-order valence-electron chi connectivity index (χ1n) is 9.56. The van der Waals surface area contributed by atoms with Gasteiger partial charge in [-0.1, -0.05) is 23.7 Å². The van der Waals surface area contributed by atoms with Crippen molar-refractivity contribution >= 4 is 45.7 Å². The van der Waals surface area contributed by atoms with Crippen molar-refractivity contribution in [2.75, 3.05) is 16.8 Å². The Kier molecular flexibility index (Phi) is 4.63. The van der Waals surface area contributed by atoms with Gasteiger partial charge in [0, 0.05) is 19.2 Å². The Morgan fingerprint density at radius 1 is 1.19 bits per heavy atom. The van der Waals surface area contributed by atoms with Gasteiger partial charge in [0.25, 0.3) is 5.91 Å². The predicted octanol–water partition coefficient (Wildman–Crippen LogP) is 4.00. The molecule has 4 aromatic rings. The Bertz CT molecular complexity index is 1300. The lowest BCUT2D eigenvalue weighted by Gasteiger charge is -2.30. The monoisotopic (exact) mass is 435 g/mol. The first-order valence-corrected chi connectivity index (χ1v) is 9.94. The number of anilines is 3. The number of benzene rings is 2. The number of hydrogen-bond donors (Lipinski definition) is 2. The molecular weight excluding hydrogens is 418 g/mol. The van der Waals surface area contributed by atoms with Gasteiger partial charge < -0.3 is 24.6 Å². The van der Waals surface area contributed by atoms with Gasteiger partial charge in [0.1, 0.15) is 22.8 Å². The zero-order valence-corrected chi connectivity index (χ0v) is 17.3. The Balaban J connectivity index is 1.46. The van der Waals surface area contributed by atoms with Crippen LogP contribution in [0.1, 0.15) is 5.56 Å². The van der Waals surface area contributed by atoms with Gasteiger partial charge in [-0.2, -0.15) is 0 Å². The maximum atomic E-state index is 12.5. The average molecular weight is 436 g/mol. The Morgan fingerprint density at radius 2 is 2.00 bits per heavy atom. The number of nitrogens with zero attached hydrogens (tertiary/aromatic N) is 4. The molecule has 0 saturated heterocycles. The van der Waals surface area contributed by atoms with Crippen molar-refractivity contribution in [3.05, 3.63) is 65.6 Å². The second-order valence-electron chi connectivity index (χ2n) is 7.27. The fraction of sp³-hybridized carbons (Fsp3) is 0.136. The van der Waals surface area contributed by atoms with Crippen molar-refractivity contribution in [3.63, 3.8) is 0 Å². The largest absolute Gasteiger partial charge is 0.508 e. The van der Waals surface area contributed by atoms with E-state index < -0.39 is 0 Å². The molecular formula is C22H18ClN5O3. The van der Waals surface area contributed by atoms with Gasteiger partial charge in [-0.15, -0.1) is 0 Å². The summed E-state index contributed by atoms with van der Waals surface area (Å²) in [4.78, 5) is 22.8. The van der Waals surface area contributed by atoms with Crippen molar-refractivity contribution in [2.45, 2.75) is 6.54 Å². The second kappa shape index (κ2) is 7.48. The van der Waals surface area contributed by atoms with E-state index in [-0.39, 0.29) is 18.3 Å². The van der Waals surface area contributed by atoms with Crippen LogP contribution in [0.4, 0.5) is 17.2 Å². The van der Waals surface area contributed by atoms with Gasteiger partial charge in [0.05, 0.1) is 41.0 Å². The van der Waals surface area contributed by atoms with Crippen molar-refractivity contribution in [2.24, 2.45) is 7.05 Å². The summed E-state index contributed by atoms with van der Waals surface area (Å²) in [5.74, 6) is 1.17. The van der Waals surface area contributed by atoms with Crippen LogP contribution in [0.5, 0.6) is 11.5 Å². The summed E-state index contributed by atoms with van der Waals surface area (Å²) >= 11 is 6.54. The molecule has 0 radical (unpaired) electrons. The third kappa shape index (κ3) is 3.62. The number of amides is 1. The molecule has 0 aliphatic carbocycles. The van der Waals surface area contributed by atoms with Gasteiger partial charge in [-0.25, -0.2) is 9.97 Å². The molecule has 1 aliphatic rings. The predicted molar refractivity (Wildman–Crippen MR) is 118 cm³/mol. The van der Waals surface area contributed by atoms with E-state index in [4.69, 9.17) is 16.3 Å². The summed E-state index contributed by atoms with van der Waals surface area (Å²) in [6.45, 7) is 0.280. The van der Waals surface area contributed by atoms with Crippen LogP contribution in [0.2, 0.25) is 5.02 Å². The van der Waals surface area contributed by atoms with E-state index in [9.17, 15) is 9.90 Å². The molecule has 2 aromatic heterocycles. The number of aryl methyl sites for hydroxylation is 1. The van der Waals surface area contributed by atoms with E-state index in [1.165, 1.54) is 0 Å². The summed E-state index contributed by atoms with van der Waals surface area (Å²) in [5.41, 5.74) is 3.83. The molecule has 0 atom stereocenters. The van der Waals surface area contributed by atoms with E-state index >= 15 is 0 Å². The van der Waals surface area contributed by atoms with Crippen molar-refractivity contribution < 1.29 is 14.6 Å². The molecule has 31 heavy (non-hydrogen) atoms. The lowest BCUT2D eigenvalue weighted by Crippen LogP contribution is -2.38. The molecule has 2 aromatic carbocycles. The quantitative estimate of drug-likeness (QED) is 0.503. The van der Waals surface area contributed by atoms with Crippen LogP contribution in [-0.2, 0) is 18.4 Å². The molecule has 156 valence electrons. The normalized spacial score (nSPS) is 13.2. The number of imidazole rings is 1. The van der Waals surface area contributed by atoms with Crippen LogP contribution >= 0.6 is 11.6 Å². The summed E-state index contributed by atoms with van der Waals surface area (Å²) in [6, 6.07) is 12.1. The number of pyridine rings is 1. The third-order valence-corrected chi connectivity index (χ3v) is 5.46. The highest BCUT2D eigenvalue weighted by Gasteiger charge is 2.27. The van der Waals surface area contributed by atoms with Crippen molar-refractivity contribution in [3.8, 4) is 11.5 Å². The number of carbonyl (C=O) groups excluding carboxylic acids is 1. The van der Waals surface area contributed by atoms with E-state index in [1.807, 2.05) is 17.7 Å². The fourth-order valence-corrected chi connectivity index (χ4v) is 3.72. The molecule has 0 spiro atoms. The van der Waals surface area contributed by atoms with Gasteiger partial charge in [0.2, 0.25) is 0 Å². The number of halogens is 1. The molecule has 0 fully saturated rings. The van der Waals surface area contributed by atoms with Crippen LogP contribution in [0, 0.1) is 0 Å². The van der Waals surface area contributed by atoms with E-state index in [0.29, 0.717) is 34.5 Å². The standard InChI is InChI=1S/C22H18ClN5O3/c1-27-12-25-17-9-24-21(8-18(17)27)26-16-7-20-19(6-15(16)23)28(22(30)11-31-20)10-13-2-4-14(29)5-3-13/h2-9,12,29H,10-11H2,1H3,(H,24,26). The van der Waals surface area contributed by atoms with Crippen LogP contribution in [0.15, 0.2) is 55.0 Å². The smallest absolute Gasteiger partial charge is 0.265 e. The first-order chi connectivity index (χ1) is 15.0. The van der Waals surface area contributed by atoms with Crippen LogP contribution in [-0.4, -0.2) is 32.2 Å². The first kappa shape index (κ1) is 19.2. The number of nitrogens with one attached hydrogen (secondary N) is 1. The minimum absolute atomic E-state index is 0.0641. The minimum atomic E-state index is -0.166. The van der Waals surface area contributed by atoms with E-state index in [0.717, 1.165) is 16.6 Å². The van der Waals surface area contributed by atoms with Crippen LogP contribution in [0.3, 0.4) is 0 Å². The molecule has 1 amide bonds. The molecule has 0 bridgehead atoms. The molecule has 9 heteroatoms. The number of phenols is 1.